The van der Waals surface area contributed by atoms with Crippen molar-refractivity contribution >= 4 is 64.2 Å². The van der Waals surface area contributed by atoms with Crippen LogP contribution in [0, 0.1) is 0 Å². The third-order valence-corrected chi connectivity index (χ3v) is 8.99. The summed E-state index contributed by atoms with van der Waals surface area (Å²) in [7, 11) is 1.26. The quantitative estimate of drug-likeness (QED) is 0.156. The molecule has 4 aromatic rings. The van der Waals surface area contributed by atoms with E-state index in [9.17, 15) is 14.4 Å². The predicted octanol–water partition coefficient (Wildman–Crippen LogP) is 6.29. The molecule has 1 aliphatic rings. The Labute approximate surface area is 300 Å². The maximum Gasteiger partial charge on any atom is 0.343 e. The van der Waals surface area contributed by atoms with Gasteiger partial charge in [-0.3, -0.25) is 9.36 Å². The monoisotopic (exact) mass is 744 g/mol. The molecule has 0 fully saturated rings. The highest BCUT2D eigenvalue weighted by molar-refractivity contribution is 7.07. The molecule has 0 N–H and O–H groups in total. The molecule has 0 radical (unpaired) electrons. The van der Waals surface area contributed by atoms with E-state index >= 15 is 0 Å². The van der Waals surface area contributed by atoms with Crippen LogP contribution in [-0.4, -0.2) is 43.4 Å². The molecule has 0 saturated carbocycles. The van der Waals surface area contributed by atoms with Crippen molar-refractivity contribution in [3.05, 3.63) is 117 Å². The smallest absolute Gasteiger partial charge is 0.343 e. The molecule has 10 nitrogen and oxygen atoms in total. The zero-order valence-electron chi connectivity index (χ0n) is 26.9. The highest BCUT2D eigenvalue weighted by Crippen LogP contribution is 2.37. The number of aromatic nitrogens is 1. The fourth-order valence-electron chi connectivity index (χ4n) is 5.15. The van der Waals surface area contributed by atoms with Gasteiger partial charge in [0.2, 0.25) is 0 Å². The SMILES string of the molecule is CCOC(=O)C1=C(C)N=c2s/c(=C/c3cc(Cl)cc(Cl)c3OCc3cccc(Cl)c3)c(=O)n2[C@H]1c1ccc(OCC(=O)OC)c(OCC)c1. The van der Waals surface area contributed by atoms with E-state index in [0.29, 0.717) is 43.2 Å². The molecule has 1 atom stereocenters. The molecule has 0 bridgehead atoms. The molecule has 1 aliphatic heterocycles. The molecule has 2 heterocycles. The number of methoxy groups -OCH3 is 1. The van der Waals surface area contributed by atoms with E-state index < -0.39 is 23.5 Å². The van der Waals surface area contributed by atoms with Gasteiger partial charge in [-0.25, -0.2) is 14.6 Å². The Bertz CT molecular complexity index is 2130. The Morgan fingerprint density at radius 2 is 1.76 bits per heavy atom. The van der Waals surface area contributed by atoms with Crippen molar-refractivity contribution in [2.24, 2.45) is 4.99 Å². The number of esters is 2. The van der Waals surface area contributed by atoms with Crippen LogP contribution < -0.4 is 29.1 Å². The van der Waals surface area contributed by atoms with Crippen molar-refractivity contribution < 1.29 is 33.3 Å². The number of carbonyl (C=O) groups excluding carboxylic acids is 2. The number of thiazole rings is 1. The maximum atomic E-state index is 14.3. The summed E-state index contributed by atoms with van der Waals surface area (Å²) in [6.07, 6.45) is 1.63. The molecule has 0 unspecified atom stereocenters. The fraction of sp³-hybridized carbons (Fsp3) is 0.257. The van der Waals surface area contributed by atoms with Gasteiger partial charge < -0.3 is 23.7 Å². The molecule has 0 amide bonds. The van der Waals surface area contributed by atoms with Crippen molar-refractivity contribution in [2.75, 3.05) is 26.9 Å². The second-order valence-corrected chi connectivity index (χ2v) is 12.8. The van der Waals surface area contributed by atoms with Crippen LogP contribution in [0.25, 0.3) is 6.08 Å². The molecule has 0 aliphatic carbocycles. The summed E-state index contributed by atoms with van der Waals surface area (Å²) in [4.78, 5) is 44.4. The number of rotatable bonds is 12. The fourth-order valence-corrected chi connectivity index (χ4v) is 6.96. The van der Waals surface area contributed by atoms with Gasteiger partial charge >= 0.3 is 11.9 Å². The van der Waals surface area contributed by atoms with Gasteiger partial charge in [0.1, 0.15) is 12.4 Å². The number of allylic oxidation sites excluding steroid dienone is 1. The highest BCUT2D eigenvalue weighted by Gasteiger charge is 2.34. The zero-order valence-corrected chi connectivity index (χ0v) is 30.0. The minimum absolute atomic E-state index is 0.116. The highest BCUT2D eigenvalue weighted by atomic mass is 35.5. The summed E-state index contributed by atoms with van der Waals surface area (Å²) in [5.74, 6) is -0.282. The van der Waals surface area contributed by atoms with E-state index in [0.717, 1.165) is 16.9 Å². The molecule has 0 saturated heterocycles. The standard InChI is InChI=1S/C35H31Cl3N2O8S/c1-5-45-27-14-21(10-11-26(27)47-18-29(41)44-4)31-30(34(43)46-6-2)19(3)39-35-40(31)33(42)28(49-35)15-22-13-24(37)16-25(38)32(22)48-17-20-8-7-9-23(36)12-20/h7-16,31H,5-6,17-18H2,1-4H3/b28-15+/t31-/m0/s1. The van der Waals surface area contributed by atoms with Crippen molar-refractivity contribution in [2.45, 2.75) is 33.4 Å². The van der Waals surface area contributed by atoms with E-state index in [-0.39, 0.29) is 47.3 Å². The van der Waals surface area contributed by atoms with Gasteiger partial charge in [0.05, 0.1) is 47.2 Å². The minimum Gasteiger partial charge on any atom is -0.490 e. The summed E-state index contributed by atoms with van der Waals surface area (Å²) in [5, 5.41) is 1.16. The molecule has 5 rings (SSSR count). The van der Waals surface area contributed by atoms with E-state index in [4.69, 9.17) is 53.8 Å². The number of carbonyl (C=O) groups is 2. The molecule has 0 spiro atoms. The van der Waals surface area contributed by atoms with Crippen LogP contribution in [0.15, 0.2) is 75.7 Å². The number of hydrogen-bond donors (Lipinski definition) is 0. The lowest BCUT2D eigenvalue weighted by atomic mass is 9.95. The Morgan fingerprint density at radius 3 is 2.47 bits per heavy atom. The first-order valence-corrected chi connectivity index (χ1v) is 17.0. The van der Waals surface area contributed by atoms with Gasteiger partial charge in [-0.1, -0.05) is 64.3 Å². The number of ether oxygens (including phenoxy) is 5. The zero-order chi connectivity index (χ0) is 35.2. The van der Waals surface area contributed by atoms with Gasteiger partial charge in [0.25, 0.3) is 5.56 Å². The molecule has 256 valence electrons. The summed E-state index contributed by atoms with van der Waals surface area (Å²) < 4.78 is 29.4. The van der Waals surface area contributed by atoms with Crippen LogP contribution in [0.3, 0.4) is 0 Å². The Morgan fingerprint density at radius 1 is 0.959 bits per heavy atom. The molecule has 1 aromatic heterocycles. The first-order valence-electron chi connectivity index (χ1n) is 15.1. The van der Waals surface area contributed by atoms with Crippen LogP contribution in [0.1, 0.15) is 43.5 Å². The largest absolute Gasteiger partial charge is 0.490 e. The lowest BCUT2D eigenvalue weighted by molar-refractivity contribution is -0.143. The average Bonchev–Trinajstić information content (AvgIpc) is 3.36. The van der Waals surface area contributed by atoms with Crippen LogP contribution in [0.2, 0.25) is 15.1 Å². The first-order chi connectivity index (χ1) is 23.5. The lowest BCUT2D eigenvalue weighted by Crippen LogP contribution is -2.40. The second kappa shape index (κ2) is 15.9. The summed E-state index contributed by atoms with van der Waals surface area (Å²) in [6, 6.07) is 14.4. The van der Waals surface area contributed by atoms with Crippen LogP contribution in [0.5, 0.6) is 17.2 Å². The Hall–Kier alpha value is -4.29. The van der Waals surface area contributed by atoms with Crippen molar-refractivity contribution in [1.29, 1.82) is 0 Å². The van der Waals surface area contributed by atoms with E-state index in [1.807, 2.05) is 12.1 Å². The number of fused-ring (bicyclic) bond motifs is 1. The molecule has 49 heavy (non-hydrogen) atoms. The number of benzene rings is 3. The van der Waals surface area contributed by atoms with Gasteiger partial charge in [-0.2, -0.15) is 0 Å². The third-order valence-electron chi connectivity index (χ3n) is 7.27. The van der Waals surface area contributed by atoms with Crippen molar-refractivity contribution in [3.8, 4) is 17.2 Å². The minimum atomic E-state index is -0.937. The number of nitrogens with zero attached hydrogens (tertiary/aromatic N) is 2. The third kappa shape index (κ3) is 8.13. The van der Waals surface area contributed by atoms with E-state index in [1.165, 1.54) is 11.7 Å². The lowest BCUT2D eigenvalue weighted by Gasteiger charge is -2.25. The summed E-state index contributed by atoms with van der Waals surface area (Å²) in [5.41, 5.74) is 1.95. The van der Waals surface area contributed by atoms with Gasteiger partial charge in [-0.15, -0.1) is 0 Å². The maximum absolute atomic E-state index is 14.3. The van der Waals surface area contributed by atoms with Gasteiger partial charge in [0.15, 0.2) is 22.9 Å². The van der Waals surface area contributed by atoms with Crippen molar-refractivity contribution in [3.63, 3.8) is 0 Å². The summed E-state index contributed by atoms with van der Waals surface area (Å²) >= 11 is 20.3. The van der Waals surface area contributed by atoms with Gasteiger partial charge in [0, 0.05) is 15.6 Å². The topological polar surface area (TPSA) is 115 Å². The van der Waals surface area contributed by atoms with Gasteiger partial charge in [-0.05, 0) is 74.4 Å². The van der Waals surface area contributed by atoms with E-state index in [2.05, 4.69) is 9.73 Å². The Kier molecular flexibility index (Phi) is 11.7. The summed E-state index contributed by atoms with van der Waals surface area (Å²) in [6.45, 7) is 5.40. The van der Waals surface area contributed by atoms with Crippen LogP contribution in [0.4, 0.5) is 0 Å². The number of halogens is 3. The van der Waals surface area contributed by atoms with Crippen molar-refractivity contribution in [1.82, 2.24) is 4.57 Å². The van der Waals surface area contributed by atoms with Crippen LogP contribution >= 0.6 is 46.1 Å². The normalized spacial score (nSPS) is 14.2. The van der Waals surface area contributed by atoms with E-state index in [1.54, 1.807) is 69.3 Å². The number of hydrogen-bond acceptors (Lipinski definition) is 10. The first kappa shape index (κ1) is 36.0. The molecule has 3 aromatic carbocycles. The van der Waals surface area contributed by atoms with Crippen LogP contribution in [-0.2, 0) is 25.7 Å². The average molecular weight is 746 g/mol. The second-order valence-electron chi connectivity index (χ2n) is 10.5. The molecular weight excluding hydrogens is 715 g/mol. The Balaban J connectivity index is 1.64. The molecular formula is C35H31Cl3N2O8S. The predicted molar refractivity (Wildman–Crippen MR) is 188 cm³/mol. The molecule has 14 heteroatoms.